The first-order valence-electron chi connectivity index (χ1n) is 4.02. The quantitative estimate of drug-likeness (QED) is 0.246. The minimum absolute atomic E-state index is 0.146. The molecule has 0 aromatic rings. The summed E-state index contributed by atoms with van der Waals surface area (Å²) >= 11 is 1.39. The molecule has 0 unspecified atom stereocenters. The average Bonchev–Trinajstić information content (AvgIpc) is 2.17. The number of allylic oxidation sites excluding steroid dienone is 2. The van der Waals surface area contributed by atoms with Crippen LogP contribution in [-0.4, -0.2) is 23.7 Å². The van der Waals surface area contributed by atoms with Gasteiger partial charge in [-0.1, -0.05) is 12.7 Å². The van der Waals surface area contributed by atoms with Crippen LogP contribution < -0.4 is 5.84 Å². The molecule has 3 nitrogen and oxygen atoms in total. The lowest BCUT2D eigenvalue weighted by Gasteiger charge is -2.16. The van der Waals surface area contributed by atoms with Gasteiger partial charge in [-0.15, -0.1) is 11.8 Å². The summed E-state index contributed by atoms with van der Waals surface area (Å²) in [5.41, 5.74) is 0.862. The van der Waals surface area contributed by atoms with E-state index in [0.29, 0.717) is 11.4 Å². The molecule has 0 heterocycles. The maximum absolute atomic E-state index is 11.6. The summed E-state index contributed by atoms with van der Waals surface area (Å²) in [6.07, 6.45) is 3.51. The Hall–Kier alpha value is -0.740. The van der Waals surface area contributed by atoms with Crippen molar-refractivity contribution in [3.63, 3.8) is 0 Å². The molecule has 0 aliphatic carbocycles. The molecule has 0 aromatic heterocycles. The molecule has 0 aromatic carbocycles. The van der Waals surface area contributed by atoms with Crippen LogP contribution in [0.25, 0.3) is 0 Å². The summed E-state index contributed by atoms with van der Waals surface area (Å²) in [7, 11) is 0. The lowest BCUT2D eigenvalue weighted by molar-refractivity contribution is -0.126. The summed E-state index contributed by atoms with van der Waals surface area (Å²) in [6, 6.07) is 0. The van der Waals surface area contributed by atoms with Crippen LogP contribution in [0.1, 0.15) is 13.8 Å². The smallest absolute Gasteiger partial charge is 0.274 e. The maximum atomic E-state index is 11.6. The fourth-order valence-electron chi connectivity index (χ4n) is 0.784. The number of nitrogens with zero attached hydrogens (tertiary/aromatic N) is 1. The highest BCUT2D eigenvalue weighted by molar-refractivity contribution is 8.03. The molecule has 0 fully saturated rings. The van der Waals surface area contributed by atoms with Crippen LogP contribution in [0.3, 0.4) is 0 Å². The van der Waals surface area contributed by atoms with Gasteiger partial charge in [0, 0.05) is 6.54 Å². The zero-order valence-corrected chi connectivity index (χ0v) is 9.15. The van der Waals surface area contributed by atoms with Crippen LogP contribution in [0.15, 0.2) is 23.1 Å². The number of hydrogen-bond acceptors (Lipinski definition) is 3. The SMILES string of the molecule is C=C/C(C)=C(\SC)C(=O)N(N)CC. The molecule has 0 spiro atoms. The van der Waals surface area contributed by atoms with Crippen molar-refractivity contribution in [2.75, 3.05) is 12.8 Å². The molecular weight excluding hydrogens is 184 g/mol. The topological polar surface area (TPSA) is 46.3 Å². The van der Waals surface area contributed by atoms with E-state index in [0.717, 1.165) is 5.57 Å². The van der Waals surface area contributed by atoms with Crippen molar-refractivity contribution in [2.45, 2.75) is 13.8 Å². The molecule has 0 radical (unpaired) electrons. The van der Waals surface area contributed by atoms with Gasteiger partial charge in [0.2, 0.25) is 0 Å². The van der Waals surface area contributed by atoms with Crippen molar-refractivity contribution in [1.82, 2.24) is 5.01 Å². The Kier molecular flexibility index (Phi) is 5.50. The Balaban J connectivity index is 4.79. The van der Waals surface area contributed by atoms with Crippen molar-refractivity contribution in [2.24, 2.45) is 5.84 Å². The van der Waals surface area contributed by atoms with E-state index in [2.05, 4.69) is 6.58 Å². The minimum atomic E-state index is -0.146. The van der Waals surface area contributed by atoms with Crippen molar-refractivity contribution >= 4 is 17.7 Å². The summed E-state index contributed by atoms with van der Waals surface area (Å²) < 4.78 is 0. The lowest BCUT2D eigenvalue weighted by atomic mass is 10.2. The zero-order valence-electron chi connectivity index (χ0n) is 8.33. The Bertz CT molecular complexity index is 236. The van der Waals surface area contributed by atoms with Crippen LogP contribution in [0, 0.1) is 0 Å². The largest absolute Gasteiger partial charge is 0.276 e. The Morgan fingerprint density at radius 1 is 1.69 bits per heavy atom. The maximum Gasteiger partial charge on any atom is 0.274 e. The fraction of sp³-hybridized carbons (Fsp3) is 0.444. The monoisotopic (exact) mass is 200 g/mol. The number of nitrogens with two attached hydrogens (primary N) is 1. The van der Waals surface area contributed by atoms with Crippen molar-refractivity contribution < 1.29 is 4.79 Å². The number of carbonyl (C=O) groups is 1. The molecule has 13 heavy (non-hydrogen) atoms. The Morgan fingerprint density at radius 2 is 2.23 bits per heavy atom. The van der Waals surface area contributed by atoms with E-state index in [4.69, 9.17) is 5.84 Å². The van der Waals surface area contributed by atoms with Gasteiger partial charge >= 0.3 is 0 Å². The summed E-state index contributed by atoms with van der Waals surface area (Å²) in [6.45, 7) is 7.80. The number of amides is 1. The van der Waals surface area contributed by atoms with Crippen LogP contribution in [-0.2, 0) is 4.79 Å². The number of hydrogen-bond donors (Lipinski definition) is 1. The molecule has 1 amide bonds. The van der Waals surface area contributed by atoms with Gasteiger partial charge < -0.3 is 0 Å². The normalized spacial score (nSPS) is 12.0. The van der Waals surface area contributed by atoms with Gasteiger partial charge in [-0.2, -0.15) is 0 Å². The van der Waals surface area contributed by atoms with Crippen molar-refractivity contribution in [1.29, 1.82) is 0 Å². The molecule has 74 valence electrons. The fourth-order valence-corrected chi connectivity index (χ4v) is 1.48. The number of likely N-dealkylation sites (N-methyl/N-ethyl adjacent to an activating group) is 1. The van der Waals surface area contributed by atoms with Crippen LogP contribution in [0.4, 0.5) is 0 Å². The Morgan fingerprint density at radius 3 is 2.54 bits per heavy atom. The van der Waals surface area contributed by atoms with Crippen LogP contribution >= 0.6 is 11.8 Å². The van der Waals surface area contributed by atoms with Gasteiger partial charge in [0.15, 0.2) is 0 Å². The van der Waals surface area contributed by atoms with Gasteiger partial charge in [0.1, 0.15) is 0 Å². The van der Waals surface area contributed by atoms with E-state index in [9.17, 15) is 4.79 Å². The first-order valence-corrected chi connectivity index (χ1v) is 5.24. The molecular formula is C9H16N2OS. The number of rotatable bonds is 4. The molecule has 0 saturated carbocycles. The van der Waals surface area contributed by atoms with Gasteiger partial charge in [0.25, 0.3) is 5.91 Å². The van der Waals surface area contributed by atoms with Gasteiger partial charge in [-0.25, -0.2) is 5.84 Å². The number of thioether (sulfide) groups is 1. The third-order valence-corrected chi connectivity index (χ3v) is 2.57. The van der Waals surface area contributed by atoms with E-state index in [-0.39, 0.29) is 5.91 Å². The molecule has 0 bridgehead atoms. The zero-order chi connectivity index (χ0) is 10.4. The molecule has 0 aliphatic rings. The molecule has 0 atom stereocenters. The Labute approximate surface area is 83.6 Å². The molecule has 0 aliphatic heterocycles. The van der Waals surface area contributed by atoms with E-state index >= 15 is 0 Å². The highest BCUT2D eigenvalue weighted by Gasteiger charge is 2.14. The van der Waals surface area contributed by atoms with E-state index in [1.54, 1.807) is 6.08 Å². The summed E-state index contributed by atoms with van der Waals surface area (Å²) in [5.74, 6) is 5.34. The van der Waals surface area contributed by atoms with Crippen molar-refractivity contribution in [3.8, 4) is 0 Å². The van der Waals surface area contributed by atoms with E-state index in [1.165, 1.54) is 16.8 Å². The van der Waals surface area contributed by atoms with E-state index in [1.807, 2.05) is 20.1 Å². The first kappa shape index (κ1) is 12.3. The number of carbonyl (C=O) groups excluding carboxylic acids is 1. The molecule has 0 saturated heterocycles. The third kappa shape index (κ3) is 3.24. The second-order valence-corrected chi connectivity index (χ2v) is 3.33. The second kappa shape index (κ2) is 5.83. The van der Waals surface area contributed by atoms with Crippen molar-refractivity contribution in [3.05, 3.63) is 23.1 Å². The average molecular weight is 200 g/mol. The van der Waals surface area contributed by atoms with E-state index < -0.39 is 0 Å². The predicted molar refractivity (Wildman–Crippen MR) is 58.0 cm³/mol. The molecule has 2 N–H and O–H groups in total. The second-order valence-electron chi connectivity index (χ2n) is 2.51. The molecule has 0 rings (SSSR count). The van der Waals surface area contributed by atoms with Crippen LogP contribution in [0.2, 0.25) is 0 Å². The van der Waals surface area contributed by atoms with Gasteiger partial charge in [-0.3, -0.25) is 9.80 Å². The lowest BCUT2D eigenvalue weighted by Crippen LogP contribution is -2.37. The van der Waals surface area contributed by atoms with Gasteiger partial charge in [0.05, 0.1) is 4.91 Å². The summed E-state index contributed by atoms with van der Waals surface area (Å²) in [4.78, 5) is 12.2. The summed E-state index contributed by atoms with van der Waals surface area (Å²) in [5, 5.41) is 1.19. The third-order valence-electron chi connectivity index (χ3n) is 1.66. The highest BCUT2D eigenvalue weighted by atomic mass is 32.2. The number of hydrazine groups is 1. The highest BCUT2D eigenvalue weighted by Crippen LogP contribution is 2.19. The predicted octanol–water partition coefficient (Wildman–Crippen LogP) is 1.53. The van der Waals surface area contributed by atoms with Crippen LogP contribution in [0.5, 0.6) is 0 Å². The van der Waals surface area contributed by atoms with Gasteiger partial charge in [-0.05, 0) is 25.7 Å². The molecule has 4 heteroatoms. The standard InChI is InChI=1S/C9H16N2OS/c1-5-7(3)8(13-4)9(12)11(10)6-2/h5H,1,6,10H2,2-4H3/b8-7-. The minimum Gasteiger partial charge on any atom is -0.276 e. The first-order chi connectivity index (χ1) is 6.08.